The Morgan fingerprint density at radius 1 is 1.32 bits per heavy atom. The number of rotatable bonds is 4. The van der Waals surface area contributed by atoms with Gasteiger partial charge in [-0.1, -0.05) is 41.5 Å². The average Bonchev–Trinajstić information content (AvgIpc) is 2.75. The Bertz CT molecular complexity index is 610. The summed E-state index contributed by atoms with van der Waals surface area (Å²) in [5.41, 5.74) is 7.23. The first-order chi connectivity index (χ1) is 8.99. The molecule has 1 aromatic heterocycles. The van der Waals surface area contributed by atoms with Crippen molar-refractivity contribution in [2.75, 3.05) is 5.32 Å². The van der Waals surface area contributed by atoms with E-state index in [1.165, 1.54) is 11.3 Å². The molecule has 0 amide bonds. The summed E-state index contributed by atoms with van der Waals surface area (Å²) < 4.78 is 0.768. The molecule has 2 nitrogen and oxygen atoms in total. The van der Waals surface area contributed by atoms with Crippen molar-refractivity contribution in [3.05, 3.63) is 50.1 Å². The molecule has 0 aliphatic heterocycles. The third-order valence-electron chi connectivity index (χ3n) is 2.65. The number of nitrogens with two attached hydrogens (primary N) is 1. The third kappa shape index (κ3) is 3.39. The van der Waals surface area contributed by atoms with Crippen LogP contribution >= 0.6 is 46.8 Å². The lowest BCUT2D eigenvalue weighted by atomic mass is 10.1. The zero-order valence-corrected chi connectivity index (χ0v) is 13.3. The minimum atomic E-state index is 0.101. The van der Waals surface area contributed by atoms with Crippen molar-refractivity contribution in [2.45, 2.75) is 13.0 Å². The molecule has 3 N–H and O–H groups in total. The minimum Gasteiger partial charge on any atom is -0.389 e. The van der Waals surface area contributed by atoms with Crippen LogP contribution in [0.4, 0.5) is 5.69 Å². The number of thiophene rings is 1. The zero-order valence-electron chi connectivity index (χ0n) is 10.1. The molecule has 6 heteroatoms. The van der Waals surface area contributed by atoms with Gasteiger partial charge in [0.05, 0.1) is 21.0 Å². The fraction of sp³-hybridized carbons (Fsp3) is 0.154. The number of benzene rings is 1. The lowest BCUT2D eigenvalue weighted by molar-refractivity contribution is 0.907. The molecule has 0 bridgehead atoms. The molecule has 2 aromatic rings. The van der Waals surface area contributed by atoms with E-state index < -0.39 is 0 Å². The van der Waals surface area contributed by atoms with Gasteiger partial charge in [-0.3, -0.25) is 0 Å². The smallest absolute Gasteiger partial charge is 0.107 e. The summed E-state index contributed by atoms with van der Waals surface area (Å²) in [6.45, 7) is 2.05. The van der Waals surface area contributed by atoms with Crippen LogP contribution in [0.2, 0.25) is 9.36 Å². The van der Waals surface area contributed by atoms with Crippen molar-refractivity contribution in [3.63, 3.8) is 0 Å². The van der Waals surface area contributed by atoms with Gasteiger partial charge in [-0.15, -0.1) is 11.3 Å². The Morgan fingerprint density at radius 3 is 2.63 bits per heavy atom. The summed E-state index contributed by atoms with van der Waals surface area (Å²) in [5, 5.41) is 3.91. The van der Waals surface area contributed by atoms with E-state index in [1.54, 1.807) is 6.07 Å². The summed E-state index contributed by atoms with van der Waals surface area (Å²) >= 11 is 18.7. The highest BCUT2D eigenvalue weighted by Crippen LogP contribution is 2.31. The molecule has 0 fully saturated rings. The van der Waals surface area contributed by atoms with Crippen LogP contribution < -0.4 is 11.1 Å². The van der Waals surface area contributed by atoms with Gasteiger partial charge in [0.2, 0.25) is 0 Å². The largest absolute Gasteiger partial charge is 0.389 e. The van der Waals surface area contributed by atoms with Gasteiger partial charge in [-0.25, -0.2) is 0 Å². The molecule has 1 heterocycles. The molecule has 0 aliphatic rings. The van der Waals surface area contributed by atoms with E-state index in [9.17, 15) is 0 Å². The Hall–Kier alpha value is -0.810. The molecule has 2 rings (SSSR count). The SMILES string of the molecule is CC(Nc1cccc(Cl)c1C(N)=S)c1ccc(Cl)s1. The quantitative estimate of drug-likeness (QED) is 0.786. The molecule has 0 aliphatic carbocycles. The molecule has 0 saturated carbocycles. The van der Waals surface area contributed by atoms with E-state index in [1.807, 2.05) is 31.2 Å². The number of hydrogen-bond donors (Lipinski definition) is 2. The highest BCUT2D eigenvalue weighted by atomic mass is 35.5. The monoisotopic (exact) mass is 330 g/mol. The Balaban J connectivity index is 2.28. The van der Waals surface area contributed by atoms with E-state index in [0.717, 1.165) is 14.9 Å². The molecule has 100 valence electrons. The predicted octanol–water partition coefficient (Wildman–Crippen LogP) is 4.86. The Labute approximate surface area is 131 Å². The number of thiocarbonyl (C=S) groups is 1. The van der Waals surface area contributed by atoms with Crippen LogP contribution in [0.1, 0.15) is 23.4 Å². The highest BCUT2D eigenvalue weighted by Gasteiger charge is 2.13. The fourth-order valence-corrected chi connectivity index (χ4v) is 3.38. The summed E-state index contributed by atoms with van der Waals surface area (Å²) in [5.74, 6) is 0. The van der Waals surface area contributed by atoms with E-state index >= 15 is 0 Å². The van der Waals surface area contributed by atoms with E-state index in [0.29, 0.717) is 10.6 Å². The van der Waals surface area contributed by atoms with Gasteiger partial charge in [-0.2, -0.15) is 0 Å². The Morgan fingerprint density at radius 2 is 2.05 bits per heavy atom. The van der Waals surface area contributed by atoms with Crippen molar-refractivity contribution >= 4 is 57.4 Å². The van der Waals surface area contributed by atoms with Gasteiger partial charge in [0.15, 0.2) is 0 Å². The van der Waals surface area contributed by atoms with Crippen molar-refractivity contribution < 1.29 is 0 Å². The van der Waals surface area contributed by atoms with Crippen LogP contribution in [-0.2, 0) is 0 Å². The lowest BCUT2D eigenvalue weighted by Crippen LogP contribution is -2.15. The van der Waals surface area contributed by atoms with Crippen LogP contribution in [0, 0.1) is 0 Å². The van der Waals surface area contributed by atoms with Crippen LogP contribution in [0.5, 0.6) is 0 Å². The second-order valence-corrected chi connectivity index (χ2v) is 6.63. The molecular weight excluding hydrogens is 319 g/mol. The number of anilines is 1. The predicted molar refractivity (Wildman–Crippen MR) is 88.7 cm³/mol. The topological polar surface area (TPSA) is 38.0 Å². The summed E-state index contributed by atoms with van der Waals surface area (Å²) in [4.78, 5) is 1.42. The highest BCUT2D eigenvalue weighted by molar-refractivity contribution is 7.80. The van der Waals surface area contributed by atoms with Crippen LogP contribution in [0.3, 0.4) is 0 Å². The maximum absolute atomic E-state index is 6.13. The van der Waals surface area contributed by atoms with Gasteiger partial charge < -0.3 is 11.1 Å². The van der Waals surface area contributed by atoms with E-state index in [4.69, 9.17) is 41.2 Å². The number of hydrogen-bond acceptors (Lipinski definition) is 3. The molecule has 1 aromatic carbocycles. The molecule has 0 saturated heterocycles. The molecule has 0 radical (unpaired) electrons. The third-order valence-corrected chi connectivity index (χ3v) is 4.59. The maximum atomic E-state index is 6.13. The molecule has 19 heavy (non-hydrogen) atoms. The lowest BCUT2D eigenvalue weighted by Gasteiger charge is -2.17. The standard InChI is InChI=1S/C13H12Cl2N2S2/c1-7(10-5-6-11(15)19-10)17-9-4-2-3-8(14)12(9)13(16)18/h2-7,17H,1H3,(H2,16,18). The first kappa shape index (κ1) is 14.6. The first-order valence-electron chi connectivity index (χ1n) is 5.59. The van der Waals surface area contributed by atoms with Gasteiger partial charge >= 0.3 is 0 Å². The Kier molecular flexibility index (Phi) is 4.68. The zero-order chi connectivity index (χ0) is 14.0. The van der Waals surface area contributed by atoms with Crippen LogP contribution in [0.25, 0.3) is 0 Å². The normalized spacial score (nSPS) is 12.2. The summed E-state index contributed by atoms with van der Waals surface area (Å²) in [7, 11) is 0. The first-order valence-corrected chi connectivity index (χ1v) is 7.57. The number of nitrogens with one attached hydrogen (secondary N) is 1. The summed E-state index contributed by atoms with van der Waals surface area (Å²) in [6, 6.07) is 9.52. The van der Waals surface area contributed by atoms with Crippen molar-refractivity contribution in [1.29, 1.82) is 0 Å². The molecule has 1 unspecified atom stereocenters. The van der Waals surface area contributed by atoms with Gasteiger partial charge in [0, 0.05) is 10.6 Å². The van der Waals surface area contributed by atoms with Gasteiger partial charge in [0.25, 0.3) is 0 Å². The van der Waals surface area contributed by atoms with E-state index in [-0.39, 0.29) is 11.0 Å². The second kappa shape index (κ2) is 6.09. The van der Waals surface area contributed by atoms with Crippen molar-refractivity contribution in [3.8, 4) is 0 Å². The molecular formula is C13H12Cl2N2S2. The second-order valence-electron chi connectivity index (χ2n) is 4.03. The average molecular weight is 331 g/mol. The van der Waals surface area contributed by atoms with Crippen LogP contribution in [-0.4, -0.2) is 4.99 Å². The molecule has 0 spiro atoms. The minimum absolute atomic E-state index is 0.101. The van der Waals surface area contributed by atoms with Crippen molar-refractivity contribution in [1.82, 2.24) is 0 Å². The van der Waals surface area contributed by atoms with E-state index in [2.05, 4.69) is 5.32 Å². The van der Waals surface area contributed by atoms with Gasteiger partial charge in [0.1, 0.15) is 4.99 Å². The van der Waals surface area contributed by atoms with Crippen LogP contribution in [0.15, 0.2) is 30.3 Å². The molecule has 1 atom stereocenters. The number of halogens is 2. The maximum Gasteiger partial charge on any atom is 0.107 e. The summed E-state index contributed by atoms with van der Waals surface area (Å²) in [6.07, 6.45) is 0. The van der Waals surface area contributed by atoms with Gasteiger partial charge in [-0.05, 0) is 31.2 Å². The fourth-order valence-electron chi connectivity index (χ4n) is 1.76. The van der Waals surface area contributed by atoms with Crippen molar-refractivity contribution in [2.24, 2.45) is 5.73 Å².